The minimum absolute atomic E-state index is 0.135. The van der Waals surface area contributed by atoms with E-state index < -0.39 is 23.6 Å². The van der Waals surface area contributed by atoms with Gasteiger partial charge in [0.15, 0.2) is 0 Å². The molecule has 0 fully saturated rings. The van der Waals surface area contributed by atoms with E-state index in [0.29, 0.717) is 16.7 Å². The number of carbonyl (C=O) groups is 4. The SMILES string of the molecule is NC(=O)C(=O)[C@H](Cc1ccccc1)NC(=O)c1cccc(CNC(=O)c2ccc3ccccc3c2)c1. The standard InChI is InChI=1S/C29H25N3O4/c30-27(34)26(33)25(16-19-7-2-1-3-8-19)32-29(36)23-12-6-9-20(15-23)18-31-28(35)24-14-13-21-10-4-5-11-22(21)17-24/h1-15,17,25H,16,18H2,(H2,30,34)(H,31,35)(H,32,36)/t25-/m0/s1. The molecule has 0 heterocycles. The number of Topliss-reactive ketones (excluding diaryl/α,β-unsaturated/α-hetero) is 1. The van der Waals surface area contributed by atoms with Crippen molar-refractivity contribution < 1.29 is 19.2 Å². The van der Waals surface area contributed by atoms with Crippen LogP contribution in [0.2, 0.25) is 0 Å². The maximum Gasteiger partial charge on any atom is 0.287 e. The first-order valence-corrected chi connectivity index (χ1v) is 11.4. The molecule has 0 radical (unpaired) electrons. The summed E-state index contributed by atoms with van der Waals surface area (Å²) in [4.78, 5) is 49.4. The Morgan fingerprint density at radius 3 is 2.08 bits per heavy atom. The van der Waals surface area contributed by atoms with Gasteiger partial charge in [0, 0.05) is 24.1 Å². The van der Waals surface area contributed by atoms with Crippen molar-refractivity contribution in [2.45, 2.75) is 19.0 Å². The number of hydrogen-bond donors (Lipinski definition) is 3. The third-order valence-electron chi connectivity index (χ3n) is 5.80. The van der Waals surface area contributed by atoms with Gasteiger partial charge in [0.1, 0.15) is 6.04 Å². The van der Waals surface area contributed by atoms with E-state index in [9.17, 15) is 19.2 Å². The molecule has 180 valence electrons. The zero-order chi connectivity index (χ0) is 25.5. The fourth-order valence-corrected chi connectivity index (χ4v) is 3.91. The van der Waals surface area contributed by atoms with Gasteiger partial charge in [-0.2, -0.15) is 0 Å². The van der Waals surface area contributed by atoms with Crippen molar-refractivity contribution in [3.8, 4) is 0 Å². The maximum absolute atomic E-state index is 12.9. The van der Waals surface area contributed by atoms with Gasteiger partial charge in [-0.3, -0.25) is 19.2 Å². The molecule has 0 aliphatic carbocycles. The fourth-order valence-electron chi connectivity index (χ4n) is 3.91. The lowest BCUT2D eigenvalue weighted by molar-refractivity contribution is -0.137. The summed E-state index contributed by atoms with van der Waals surface area (Å²) in [6, 6.07) is 27.9. The molecule has 0 unspecified atom stereocenters. The Kier molecular flexibility index (Phi) is 7.51. The van der Waals surface area contributed by atoms with Crippen LogP contribution in [-0.4, -0.2) is 29.5 Å². The second-order valence-corrected chi connectivity index (χ2v) is 8.39. The highest BCUT2D eigenvalue weighted by molar-refractivity contribution is 6.38. The molecule has 0 aliphatic heterocycles. The van der Waals surface area contributed by atoms with Crippen LogP contribution >= 0.6 is 0 Å². The number of nitrogens with two attached hydrogens (primary N) is 1. The van der Waals surface area contributed by atoms with Gasteiger partial charge < -0.3 is 16.4 Å². The fraction of sp³-hybridized carbons (Fsp3) is 0.103. The molecule has 0 aromatic heterocycles. The van der Waals surface area contributed by atoms with Crippen LogP contribution in [0.3, 0.4) is 0 Å². The van der Waals surface area contributed by atoms with Gasteiger partial charge >= 0.3 is 0 Å². The van der Waals surface area contributed by atoms with Crippen molar-refractivity contribution in [2.24, 2.45) is 5.73 Å². The minimum atomic E-state index is -1.11. The number of carbonyl (C=O) groups excluding carboxylic acids is 4. The lowest BCUT2D eigenvalue weighted by Gasteiger charge is -2.17. The van der Waals surface area contributed by atoms with Crippen molar-refractivity contribution in [1.82, 2.24) is 10.6 Å². The average Bonchev–Trinajstić information content (AvgIpc) is 2.91. The van der Waals surface area contributed by atoms with Gasteiger partial charge in [-0.25, -0.2) is 0 Å². The first kappa shape index (κ1) is 24.3. The third kappa shape index (κ3) is 6.01. The minimum Gasteiger partial charge on any atom is -0.363 e. The number of benzene rings is 4. The summed E-state index contributed by atoms with van der Waals surface area (Å²) in [5.41, 5.74) is 7.51. The second-order valence-electron chi connectivity index (χ2n) is 8.39. The van der Waals surface area contributed by atoms with E-state index in [1.807, 2.05) is 42.5 Å². The van der Waals surface area contributed by atoms with Gasteiger partial charge in [-0.05, 0) is 46.2 Å². The Bertz CT molecular complexity index is 1430. The molecular weight excluding hydrogens is 454 g/mol. The highest BCUT2D eigenvalue weighted by atomic mass is 16.2. The normalized spacial score (nSPS) is 11.4. The van der Waals surface area contributed by atoms with Crippen LogP contribution in [0, 0.1) is 0 Å². The molecule has 0 aliphatic rings. The molecule has 7 nitrogen and oxygen atoms in total. The number of fused-ring (bicyclic) bond motifs is 1. The van der Waals surface area contributed by atoms with E-state index in [-0.39, 0.29) is 18.9 Å². The molecule has 1 atom stereocenters. The summed E-state index contributed by atoms with van der Waals surface area (Å²) in [6.07, 6.45) is 0.135. The summed E-state index contributed by atoms with van der Waals surface area (Å²) in [5, 5.41) is 7.51. The topological polar surface area (TPSA) is 118 Å². The summed E-state index contributed by atoms with van der Waals surface area (Å²) in [5.74, 6) is -2.73. The van der Waals surface area contributed by atoms with Crippen LogP contribution in [0.1, 0.15) is 31.8 Å². The van der Waals surface area contributed by atoms with Gasteiger partial charge in [0.25, 0.3) is 17.7 Å². The van der Waals surface area contributed by atoms with E-state index in [0.717, 1.165) is 16.3 Å². The van der Waals surface area contributed by atoms with Crippen molar-refractivity contribution in [3.05, 3.63) is 119 Å². The summed E-state index contributed by atoms with van der Waals surface area (Å²) >= 11 is 0. The monoisotopic (exact) mass is 479 g/mol. The largest absolute Gasteiger partial charge is 0.363 e. The van der Waals surface area contributed by atoms with E-state index in [1.165, 1.54) is 0 Å². The summed E-state index contributed by atoms with van der Waals surface area (Å²) in [6.45, 7) is 0.209. The van der Waals surface area contributed by atoms with Crippen molar-refractivity contribution in [1.29, 1.82) is 0 Å². The Morgan fingerprint density at radius 2 is 1.33 bits per heavy atom. The van der Waals surface area contributed by atoms with Crippen LogP contribution in [0.5, 0.6) is 0 Å². The predicted octanol–water partition coefficient (Wildman–Crippen LogP) is 3.17. The quantitative estimate of drug-likeness (QED) is 0.320. The highest BCUT2D eigenvalue weighted by Gasteiger charge is 2.26. The van der Waals surface area contributed by atoms with E-state index in [1.54, 1.807) is 54.6 Å². The average molecular weight is 480 g/mol. The number of amides is 3. The molecule has 4 aromatic rings. The van der Waals surface area contributed by atoms with Crippen LogP contribution in [0.4, 0.5) is 0 Å². The first-order valence-electron chi connectivity index (χ1n) is 11.4. The molecule has 0 bridgehead atoms. The van der Waals surface area contributed by atoms with Crippen molar-refractivity contribution in [2.75, 3.05) is 0 Å². The molecule has 3 amide bonds. The molecule has 4 N–H and O–H groups in total. The Morgan fingerprint density at radius 1 is 0.667 bits per heavy atom. The van der Waals surface area contributed by atoms with E-state index >= 15 is 0 Å². The van der Waals surface area contributed by atoms with Gasteiger partial charge in [0.2, 0.25) is 5.78 Å². The van der Waals surface area contributed by atoms with Gasteiger partial charge in [0.05, 0.1) is 0 Å². The number of nitrogens with one attached hydrogen (secondary N) is 2. The second kappa shape index (κ2) is 11.1. The molecule has 4 rings (SSSR count). The first-order chi connectivity index (χ1) is 17.4. The van der Waals surface area contributed by atoms with Crippen LogP contribution in [-0.2, 0) is 22.6 Å². The van der Waals surface area contributed by atoms with E-state index in [4.69, 9.17) is 5.73 Å². The summed E-state index contributed by atoms with van der Waals surface area (Å²) in [7, 11) is 0. The number of ketones is 1. The lowest BCUT2D eigenvalue weighted by atomic mass is 10.0. The Labute approximate surface area is 208 Å². The lowest BCUT2D eigenvalue weighted by Crippen LogP contribution is -2.47. The zero-order valence-corrected chi connectivity index (χ0v) is 19.4. The predicted molar refractivity (Wildman–Crippen MR) is 137 cm³/mol. The molecule has 0 spiro atoms. The number of hydrogen-bond acceptors (Lipinski definition) is 4. The van der Waals surface area contributed by atoms with E-state index in [2.05, 4.69) is 10.6 Å². The summed E-state index contributed by atoms with van der Waals surface area (Å²) < 4.78 is 0. The Balaban J connectivity index is 1.42. The molecule has 4 aromatic carbocycles. The van der Waals surface area contributed by atoms with Crippen molar-refractivity contribution in [3.63, 3.8) is 0 Å². The molecular formula is C29H25N3O4. The molecule has 7 heteroatoms. The zero-order valence-electron chi connectivity index (χ0n) is 19.4. The van der Waals surface area contributed by atoms with Gasteiger partial charge in [-0.1, -0.05) is 72.8 Å². The number of primary amides is 1. The third-order valence-corrected chi connectivity index (χ3v) is 5.80. The van der Waals surface area contributed by atoms with Gasteiger partial charge in [-0.15, -0.1) is 0 Å². The Hall–Kier alpha value is -4.78. The number of rotatable bonds is 9. The molecule has 0 saturated heterocycles. The van der Waals surface area contributed by atoms with Crippen LogP contribution < -0.4 is 16.4 Å². The van der Waals surface area contributed by atoms with Crippen molar-refractivity contribution >= 4 is 34.3 Å². The smallest absolute Gasteiger partial charge is 0.287 e. The molecule has 0 saturated carbocycles. The highest BCUT2D eigenvalue weighted by Crippen LogP contribution is 2.16. The molecule has 36 heavy (non-hydrogen) atoms. The van der Waals surface area contributed by atoms with Crippen LogP contribution in [0.15, 0.2) is 97.1 Å². The maximum atomic E-state index is 12.9. The van der Waals surface area contributed by atoms with Crippen LogP contribution in [0.25, 0.3) is 10.8 Å².